The topological polar surface area (TPSA) is 38.9 Å². The molecule has 2 N–H and O–H groups in total. The predicted octanol–water partition coefficient (Wildman–Crippen LogP) is 4.03. The number of halogens is 1. The Morgan fingerprint density at radius 3 is 2.47 bits per heavy atom. The highest BCUT2D eigenvalue weighted by Crippen LogP contribution is 2.28. The van der Waals surface area contributed by atoms with Gasteiger partial charge in [-0.1, -0.05) is 25.4 Å². The molecule has 17 heavy (non-hydrogen) atoms. The minimum absolute atomic E-state index is 0.0172. The standard InChI is InChI=1S/C14H17ClN2/c1-8(2)14-7-11(9(3)16)12-6-10(15)4-5-13(12)17-14/h4-9H,16H2,1-3H3. The van der Waals surface area contributed by atoms with Crippen LogP contribution in [0.2, 0.25) is 5.02 Å². The van der Waals surface area contributed by atoms with Gasteiger partial charge in [-0.05, 0) is 42.7 Å². The molecule has 0 fully saturated rings. The van der Waals surface area contributed by atoms with E-state index in [0.717, 1.165) is 27.2 Å². The molecule has 0 spiro atoms. The first-order valence-electron chi connectivity index (χ1n) is 5.84. The minimum atomic E-state index is -0.0172. The van der Waals surface area contributed by atoms with Gasteiger partial charge in [0.05, 0.1) is 5.52 Å². The lowest BCUT2D eigenvalue weighted by atomic mass is 9.99. The van der Waals surface area contributed by atoms with Gasteiger partial charge in [0.25, 0.3) is 0 Å². The molecule has 1 heterocycles. The molecule has 0 amide bonds. The summed E-state index contributed by atoms with van der Waals surface area (Å²) < 4.78 is 0. The van der Waals surface area contributed by atoms with Crippen LogP contribution in [0.25, 0.3) is 10.9 Å². The average Bonchev–Trinajstić information content (AvgIpc) is 2.27. The third-order valence-corrected chi connectivity index (χ3v) is 3.14. The number of hydrogen-bond donors (Lipinski definition) is 1. The van der Waals surface area contributed by atoms with Gasteiger partial charge in [-0.2, -0.15) is 0 Å². The Bertz CT molecular complexity index is 547. The first kappa shape index (κ1) is 12.3. The lowest BCUT2D eigenvalue weighted by molar-refractivity contribution is 0.794. The number of nitrogens with two attached hydrogens (primary N) is 1. The molecule has 0 radical (unpaired) electrons. The second kappa shape index (κ2) is 4.63. The van der Waals surface area contributed by atoms with Gasteiger partial charge in [-0.15, -0.1) is 0 Å². The van der Waals surface area contributed by atoms with Crippen LogP contribution in [0.4, 0.5) is 0 Å². The largest absolute Gasteiger partial charge is 0.324 e. The second-order valence-corrected chi connectivity index (χ2v) is 5.18. The third kappa shape index (κ3) is 2.43. The van der Waals surface area contributed by atoms with Crippen molar-refractivity contribution in [1.29, 1.82) is 0 Å². The zero-order chi connectivity index (χ0) is 12.6. The van der Waals surface area contributed by atoms with Crippen molar-refractivity contribution in [3.05, 3.63) is 40.5 Å². The minimum Gasteiger partial charge on any atom is -0.324 e. The van der Waals surface area contributed by atoms with Crippen molar-refractivity contribution in [2.75, 3.05) is 0 Å². The van der Waals surface area contributed by atoms with E-state index in [0.29, 0.717) is 5.92 Å². The Balaban J connectivity index is 2.76. The highest BCUT2D eigenvalue weighted by Gasteiger charge is 2.11. The van der Waals surface area contributed by atoms with Crippen molar-refractivity contribution >= 4 is 22.5 Å². The first-order chi connectivity index (χ1) is 7.99. The summed E-state index contributed by atoms with van der Waals surface area (Å²) >= 11 is 6.03. The van der Waals surface area contributed by atoms with Crippen LogP contribution in [0.3, 0.4) is 0 Å². The Morgan fingerprint density at radius 2 is 1.88 bits per heavy atom. The molecular formula is C14H17ClN2. The number of benzene rings is 1. The smallest absolute Gasteiger partial charge is 0.0709 e. The van der Waals surface area contributed by atoms with Crippen LogP contribution in [-0.4, -0.2) is 4.98 Å². The summed E-state index contributed by atoms with van der Waals surface area (Å²) in [6.07, 6.45) is 0. The quantitative estimate of drug-likeness (QED) is 0.872. The molecule has 90 valence electrons. The van der Waals surface area contributed by atoms with Crippen LogP contribution in [-0.2, 0) is 0 Å². The molecule has 0 saturated carbocycles. The van der Waals surface area contributed by atoms with Crippen molar-refractivity contribution in [3.8, 4) is 0 Å². The molecule has 1 atom stereocenters. The van der Waals surface area contributed by atoms with Gasteiger partial charge in [0.15, 0.2) is 0 Å². The van der Waals surface area contributed by atoms with E-state index in [2.05, 4.69) is 24.9 Å². The number of fused-ring (bicyclic) bond motifs is 1. The van der Waals surface area contributed by atoms with Gasteiger partial charge in [-0.25, -0.2) is 0 Å². The van der Waals surface area contributed by atoms with Crippen LogP contribution >= 0.6 is 11.6 Å². The third-order valence-electron chi connectivity index (χ3n) is 2.90. The van der Waals surface area contributed by atoms with Crippen molar-refractivity contribution in [2.24, 2.45) is 5.73 Å². The summed E-state index contributed by atoms with van der Waals surface area (Å²) in [5, 5.41) is 1.77. The maximum absolute atomic E-state index is 6.03. The van der Waals surface area contributed by atoms with Gasteiger partial charge >= 0.3 is 0 Å². The summed E-state index contributed by atoms with van der Waals surface area (Å²) in [4.78, 5) is 4.64. The molecule has 2 aromatic rings. The molecule has 0 aliphatic heterocycles. The van der Waals surface area contributed by atoms with E-state index in [1.165, 1.54) is 0 Å². The monoisotopic (exact) mass is 248 g/mol. The fraction of sp³-hybridized carbons (Fsp3) is 0.357. The lowest BCUT2D eigenvalue weighted by Crippen LogP contribution is -2.08. The summed E-state index contributed by atoms with van der Waals surface area (Å²) in [6.45, 7) is 6.25. The molecule has 0 bridgehead atoms. The van der Waals surface area contributed by atoms with E-state index in [9.17, 15) is 0 Å². The molecule has 0 aliphatic rings. The van der Waals surface area contributed by atoms with Crippen molar-refractivity contribution in [1.82, 2.24) is 4.98 Å². The number of rotatable bonds is 2. The van der Waals surface area contributed by atoms with E-state index in [-0.39, 0.29) is 6.04 Å². The molecular weight excluding hydrogens is 232 g/mol. The Hall–Kier alpha value is -1.12. The predicted molar refractivity (Wildman–Crippen MR) is 73.4 cm³/mol. The van der Waals surface area contributed by atoms with Crippen LogP contribution in [0.1, 0.15) is 44.0 Å². The fourth-order valence-corrected chi connectivity index (χ4v) is 2.09. The zero-order valence-electron chi connectivity index (χ0n) is 10.4. The van der Waals surface area contributed by atoms with E-state index >= 15 is 0 Å². The molecule has 1 unspecified atom stereocenters. The number of nitrogens with zero attached hydrogens (tertiary/aromatic N) is 1. The summed E-state index contributed by atoms with van der Waals surface area (Å²) in [6, 6.07) is 7.83. The molecule has 3 heteroatoms. The first-order valence-corrected chi connectivity index (χ1v) is 6.22. The zero-order valence-corrected chi connectivity index (χ0v) is 11.1. The molecule has 1 aromatic carbocycles. The SMILES string of the molecule is CC(C)c1cc(C(C)N)c2cc(Cl)ccc2n1. The highest BCUT2D eigenvalue weighted by molar-refractivity contribution is 6.31. The Kier molecular flexibility index (Phi) is 3.36. The lowest BCUT2D eigenvalue weighted by Gasteiger charge is -2.14. The average molecular weight is 249 g/mol. The van der Waals surface area contributed by atoms with Crippen LogP contribution in [0.15, 0.2) is 24.3 Å². The van der Waals surface area contributed by atoms with Crippen LogP contribution in [0, 0.1) is 0 Å². The van der Waals surface area contributed by atoms with Gasteiger partial charge in [0.2, 0.25) is 0 Å². The summed E-state index contributed by atoms with van der Waals surface area (Å²) in [5.74, 6) is 0.396. The summed E-state index contributed by atoms with van der Waals surface area (Å²) in [5.41, 5.74) is 9.18. The fourth-order valence-electron chi connectivity index (χ4n) is 1.92. The molecule has 1 aromatic heterocycles. The number of aromatic nitrogens is 1. The van der Waals surface area contributed by atoms with Gasteiger partial charge < -0.3 is 5.73 Å². The number of hydrogen-bond acceptors (Lipinski definition) is 2. The van der Waals surface area contributed by atoms with Crippen molar-refractivity contribution in [3.63, 3.8) is 0 Å². The second-order valence-electron chi connectivity index (χ2n) is 4.74. The Morgan fingerprint density at radius 1 is 1.18 bits per heavy atom. The van der Waals surface area contributed by atoms with E-state index in [1.54, 1.807) is 0 Å². The van der Waals surface area contributed by atoms with Crippen LogP contribution < -0.4 is 5.73 Å². The van der Waals surface area contributed by atoms with Crippen LogP contribution in [0.5, 0.6) is 0 Å². The molecule has 2 rings (SSSR count). The molecule has 0 aliphatic carbocycles. The van der Waals surface area contributed by atoms with Gasteiger partial charge in [0, 0.05) is 22.1 Å². The van der Waals surface area contributed by atoms with Crippen molar-refractivity contribution < 1.29 is 0 Å². The van der Waals surface area contributed by atoms with E-state index < -0.39 is 0 Å². The summed E-state index contributed by atoms with van der Waals surface area (Å²) in [7, 11) is 0. The van der Waals surface area contributed by atoms with E-state index in [4.69, 9.17) is 17.3 Å². The van der Waals surface area contributed by atoms with E-state index in [1.807, 2.05) is 25.1 Å². The van der Waals surface area contributed by atoms with Gasteiger partial charge in [-0.3, -0.25) is 4.98 Å². The Labute approximate surface area is 107 Å². The molecule has 0 saturated heterocycles. The van der Waals surface area contributed by atoms with Crippen molar-refractivity contribution in [2.45, 2.75) is 32.7 Å². The number of pyridine rings is 1. The maximum atomic E-state index is 6.03. The molecule has 2 nitrogen and oxygen atoms in total. The normalized spacial score (nSPS) is 13.3. The highest BCUT2D eigenvalue weighted by atomic mass is 35.5. The van der Waals surface area contributed by atoms with Gasteiger partial charge in [0.1, 0.15) is 0 Å². The maximum Gasteiger partial charge on any atom is 0.0709 e.